The Hall–Kier alpha value is -0.790. The minimum absolute atomic E-state index is 0.0273. The van der Waals surface area contributed by atoms with Gasteiger partial charge in [0.15, 0.2) is 0 Å². The van der Waals surface area contributed by atoms with Gasteiger partial charge in [0, 0.05) is 0 Å². The first-order chi connectivity index (χ1) is 4.31. The van der Waals surface area contributed by atoms with Crippen LogP contribution in [0.3, 0.4) is 0 Å². The summed E-state index contributed by atoms with van der Waals surface area (Å²) in [5, 5.41) is 0. The lowest BCUT2D eigenvalue weighted by molar-refractivity contribution is 0.186. The van der Waals surface area contributed by atoms with E-state index < -0.39 is 0 Å². The van der Waals surface area contributed by atoms with Gasteiger partial charge in [0.2, 0.25) is 0 Å². The van der Waals surface area contributed by atoms with Crippen LogP contribution in [0.5, 0.6) is 0 Å². The van der Waals surface area contributed by atoms with Gasteiger partial charge in [-0.05, 0) is 19.8 Å². The summed E-state index contributed by atoms with van der Waals surface area (Å²) in [5.74, 6) is 0. The van der Waals surface area contributed by atoms with Crippen molar-refractivity contribution in [3.8, 4) is 0 Å². The lowest BCUT2D eigenvalue weighted by Crippen LogP contribution is -2.05. The summed E-state index contributed by atoms with van der Waals surface area (Å²) in [6.07, 6.45) is 3.48. The van der Waals surface area contributed by atoms with Gasteiger partial charge in [-0.2, -0.15) is 0 Å². The van der Waals surface area contributed by atoms with E-state index >= 15 is 0 Å². The molecule has 0 aliphatic carbocycles. The third-order valence-corrected chi connectivity index (χ3v) is 1.03. The van der Waals surface area contributed by atoms with Gasteiger partial charge in [-0.25, -0.2) is 4.79 Å². The number of ether oxygens (including phenoxy) is 1. The normalized spacial score (nSPS) is 12.1. The molecule has 0 bridgehead atoms. The van der Waals surface area contributed by atoms with E-state index in [-0.39, 0.29) is 6.10 Å². The molecule has 0 amide bonds. The van der Waals surface area contributed by atoms with Gasteiger partial charge in [0.05, 0.1) is 6.10 Å². The van der Waals surface area contributed by atoms with Crippen LogP contribution >= 0.6 is 0 Å². The third kappa shape index (κ3) is 5.07. The molecular weight excluding hydrogens is 116 g/mol. The van der Waals surface area contributed by atoms with Crippen LogP contribution in [-0.2, 0) is 9.53 Å². The molecule has 0 aromatic carbocycles. The minimum Gasteiger partial charge on any atom is -0.454 e. The third-order valence-electron chi connectivity index (χ3n) is 1.03. The minimum atomic E-state index is -0.0273. The molecule has 9 heavy (non-hydrogen) atoms. The second-order valence-corrected chi connectivity index (χ2v) is 1.88. The Labute approximate surface area is 55.5 Å². The van der Waals surface area contributed by atoms with Crippen molar-refractivity contribution < 1.29 is 9.53 Å². The van der Waals surface area contributed by atoms with Gasteiger partial charge in [0.1, 0.15) is 0 Å². The van der Waals surface area contributed by atoms with Gasteiger partial charge in [-0.1, -0.05) is 6.08 Å². The predicted octanol–water partition coefficient (Wildman–Crippen LogP) is 1.42. The molecule has 0 saturated heterocycles. The monoisotopic (exact) mass is 127 g/mol. The van der Waals surface area contributed by atoms with Crippen molar-refractivity contribution in [2.75, 3.05) is 0 Å². The largest absolute Gasteiger partial charge is 0.454 e. The molecule has 0 spiro atoms. The molecular formula is C7H11O2. The molecule has 0 fully saturated rings. The molecule has 0 aliphatic heterocycles. The Bertz CT molecular complexity index is 88.9. The van der Waals surface area contributed by atoms with Crippen LogP contribution < -0.4 is 0 Å². The summed E-state index contributed by atoms with van der Waals surface area (Å²) >= 11 is 0. The molecule has 0 rings (SSSR count). The Balaban J connectivity index is 3.14. The lowest BCUT2D eigenvalue weighted by atomic mass is 10.2. The molecule has 51 valence electrons. The number of allylic oxidation sites excluding steroid dienone is 1. The smallest absolute Gasteiger partial charge is 0.417 e. The van der Waals surface area contributed by atoms with E-state index in [4.69, 9.17) is 0 Å². The highest BCUT2D eigenvalue weighted by atomic mass is 16.5. The topological polar surface area (TPSA) is 26.3 Å². The molecule has 0 saturated carbocycles. The van der Waals surface area contributed by atoms with Crippen molar-refractivity contribution in [2.24, 2.45) is 0 Å². The molecule has 0 heterocycles. The van der Waals surface area contributed by atoms with Crippen LogP contribution in [-0.4, -0.2) is 12.6 Å². The first kappa shape index (κ1) is 8.21. The maximum Gasteiger partial charge on any atom is 0.417 e. The molecule has 0 aliphatic rings. The summed E-state index contributed by atoms with van der Waals surface area (Å²) in [6, 6.07) is 0. The highest BCUT2D eigenvalue weighted by molar-refractivity contribution is 5.38. The predicted molar refractivity (Wildman–Crippen MR) is 35.7 cm³/mol. The van der Waals surface area contributed by atoms with Gasteiger partial charge in [-0.3, -0.25) is 0 Å². The van der Waals surface area contributed by atoms with Crippen molar-refractivity contribution >= 4 is 6.47 Å². The van der Waals surface area contributed by atoms with Gasteiger partial charge >= 0.3 is 6.47 Å². The highest BCUT2D eigenvalue weighted by Crippen LogP contribution is 1.99. The summed E-state index contributed by atoms with van der Waals surface area (Å²) in [4.78, 5) is 9.61. The van der Waals surface area contributed by atoms with Gasteiger partial charge in [-0.15, -0.1) is 6.58 Å². The first-order valence-electron chi connectivity index (χ1n) is 2.95. The Kier molecular flexibility index (Phi) is 4.88. The van der Waals surface area contributed by atoms with Gasteiger partial charge in [0.25, 0.3) is 0 Å². The molecule has 2 nitrogen and oxygen atoms in total. The van der Waals surface area contributed by atoms with Crippen molar-refractivity contribution in [3.63, 3.8) is 0 Å². The molecule has 0 aromatic rings. The van der Waals surface area contributed by atoms with Crippen molar-refractivity contribution in [3.05, 3.63) is 12.7 Å². The lowest BCUT2D eigenvalue weighted by Gasteiger charge is -2.04. The van der Waals surface area contributed by atoms with E-state index in [2.05, 4.69) is 11.3 Å². The second-order valence-electron chi connectivity index (χ2n) is 1.88. The number of carbonyl (C=O) groups excluding carboxylic acids is 1. The highest BCUT2D eigenvalue weighted by Gasteiger charge is 1.97. The van der Waals surface area contributed by atoms with Crippen molar-refractivity contribution in [2.45, 2.75) is 25.9 Å². The van der Waals surface area contributed by atoms with Crippen LogP contribution in [0, 0.1) is 0 Å². The van der Waals surface area contributed by atoms with Crippen LogP contribution in [0.15, 0.2) is 12.7 Å². The zero-order valence-corrected chi connectivity index (χ0v) is 5.59. The van der Waals surface area contributed by atoms with Crippen LogP contribution in [0.25, 0.3) is 0 Å². The van der Waals surface area contributed by atoms with E-state index in [0.29, 0.717) is 0 Å². The quantitative estimate of drug-likeness (QED) is 0.522. The Morgan fingerprint density at radius 1 is 1.89 bits per heavy atom. The van der Waals surface area contributed by atoms with E-state index in [1.54, 1.807) is 6.08 Å². The van der Waals surface area contributed by atoms with Crippen LogP contribution in [0.4, 0.5) is 0 Å². The van der Waals surface area contributed by atoms with Gasteiger partial charge < -0.3 is 4.74 Å². The van der Waals surface area contributed by atoms with Crippen molar-refractivity contribution in [1.82, 2.24) is 0 Å². The Morgan fingerprint density at radius 2 is 2.56 bits per heavy atom. The van der Waals surface area contributed by atoms with Crippen LogP contribution in [0.2, 0.25) is 0 Å². The van der Waals surface area contributed by atoms with Crippen LogP contribution in [0.1, 0.15) is 19.8 Å². The van der Waals surface area contributed by atoms with E-state index in [1.165, 1.54) is 6.47 Å². The molecule has 1 unspecified atom stereocenters. The van der Waals surface area contributed by atoms with E-state index in [1.807, 2.05) is 6.92 Å². The fraction of sp³-hybridized carbons (Fsp3) is 0.571. The van der Waals surface area contributed by atoms with E-state index in [0.717, 1.165) is 12.8 Å². The number of hydrogen-bond acceptors (Lipinski definition) is 2. The molecule has 1 radical (unpaired) electrons. The maximum atomic E-state index is 9.61. The number of rotatable bonds is 5. The zero-order chi connectivity index (χ0) is 7.11. The first-order valence-corrected chi connectivity index (χ1v) is 2.95. The second kappa shape index (κ2) is 5.35. The SMILES string of the molecule is C=CCCC(C)O[C]=O. The molecule has 1 atom stereocenters. The summed E-state index contributed by atoms with van der Waals surface area (Å²) in [7, 11) is 0. The Morgan fingerprint density at radius 3 is 3.00 bits per heavy atom. The van der Waals surface area contributed by atoms with Crippen molar-refractivity contribution in [1.29, 1.82) is 0 Å². The summed E-state index contributed by atoms with van der Waals surface area (Å²) in [6.45, 7) is 6.76. The fourth-order valence-electron chi connectivity index (χ4n) is 0.494. The average Bonchev–Trinajstić information content (AvgIpc) is 1.85. The van der Waals surface area contributed by atoms with E-state index in [9.17, 15) is 4.79 Å². The fourth-order valence-corrected chi connectivity index (χ4v) is 0.494. The standard InChI is InChI=1S/C7H11O2/c1-3-4-5-7(2)9-6-8/h3,7H,1,4-5H2,2H3. The zero-order valence-electron chi connectivity index (χ0n) is 5.59. The maximum absolute atomic E-state index is 9.61. The summed E-state index contributed by atoms with van der Waals surface area (Å²) < 4.78 is 4.49. The average molecular weight is 127 g/mol. The molecule has 0 aromatic heterocycles. The number of hydrogen-bond donors (Lipinski definition) is 0. The summed E-state index contributed by atoms with van der Waals surface area (Å²) in [5.41, 5.74) is 0. The molecule has 2 heteroatoms. The molecule has 0 N–H and O–H groups in total.